The van der Waals surface area contributed by atoms with Crippen molar-refractivity contribution in [3.05, 3.63) is 34.7 Å². The fourth-order valence-corrected chi connectivity index (χ4v) is 2.84. The average molecular weight is 346 g/mol. The van der Waals surface area contributed by atoms with E-state index in [0.29, 0.717) is 6.04 Å². The van der Waals surface area contributed by atoms with Crippen LogP contribution in [0, 0.1) is 0 Å². The molecule has 0 spiro atoms. The monoisotopic (exact) mass is 344 g/mol. The zero-order valence-corrected chi connectivity index (χ0v) is 13.2. The molecule has 2 aromatic heterocycles. The molecule has 0 unspecified atom stereocenters. The van der Waals surface area contributed by atoms with Gasteiger partial charge in [0.2, 0.25) is 0 Å². The van der Waals surface area contributed by atoms with E-state index < -0.39 is 0 Å². The number of pyridine rings is 1. The molecule has 19 heavy (non-hydrogen) atoms. The minimum absolute atomic E-state index is 0. The summed E-state index contributed by atoms with van der Waals surface area (Å²) >= 11 is 3.51. The van der Waals surface area contributed by atoms with E-state index in [0.717, 1.165) is 36.3 Å². The van der Waals surface area contributed by atoms with Crippen LogP contribution in [0.1, 0.15) is 12.6 Å². The van der Waals surface area contributed by atoms with E-state index in [1.807, 2.05) is 18.3 Å². The largest absolute Gasteiger partial charge is 0.312 e. The molecule has 0 bridgehead atoms. The van der Waals surface area contributed by atoms with E-state index >= 15 is 0 Å². The smallest absolute Gasteiger partial charge is 0.136 e. The van der Waals surface area contributed by atoms with Gasteiger partial charge in [-0.2, -0.15) is 0 Å². The number of rotatable bonds is 2. The Morgan fingerprint density at radius 2 is 2.32 bits per heavy atom. The SMILES string of the molecule is C[C@@H]1CN(Cc2cnc3ccc(Br)cn23)CCN1.Cl. The first kappa shape index (κ1) is 14.8. The van der Waals surface area contributed by atoms with E-state index in [-0.39, 0.29) is 12.4 Å². The standard InChI is InChI=1S/C13H17BrN4.ClH/c1-10-7-17(5-4-15-10)9-12-6-16-13-3-2-11(14)8-18(12)13;/h2-3,6,8,10,15H,4-5,7,9H2,1H3;1H/t10-;/m1./s1. The molecule has 6 heteroatoms. The van der Waals surface area contributed by atoms with Gasteiger partial charge in [-0.1, -0.05) is 0 Å². The normalized spacial score (nSPS) is 20.4. The molecule has 1 aliphatic heterocycles. The lowest BCUT2D eigenvalue weighted by atomic mass is 10.2. The van der Waals surface area contributed by atoms with Gasteiger partial charge in [0.25, 0.3) is 0 Å². The van der Waals surface area contributed by atoms with Crippen molar-refractivity contribution in [3.63, 3.8) is 0 Å². The third-order valence-corrected chi connectivity index (χ3v) is 3.85. The topological polar surface area (TPSA) is 32.6 Å². The van der Waals surface area contributed by atoms with Gasteiger partial charge in [0.1, 0.15) is 5.65 Å². The summed E-state index contributed by atoms with van der Waals surface area (Å²) in [5.41, 5.74) is 2.26. The van der Waals surface area contributed by atoms with Crippen LogP contribution < -0.4 is 5.32 Å². The highest BCUT2D eigenvalue weighted by molar-refractivity contribution is 9.10. The van der Waals surface area contributed by atoms with Crippen LogP contribution in [-0.2, 0) is 6.54 Å². The summed E-state index contributed by atoms with van der Waals surface area (Å²) in [5.74, 6) is 0. The molecule has 1 aliphatic rings. The van der Waals surface area contributed by atoms with Gasteiger partial charge in [0, 0.05) is 42.9 Å². The van der Waals surface area contributed by atoms with Gasteiger partial charge in [0.15, 0.2) is 0 Å². The number of hydrogen-bond acceptors (Lipinski definition) is 3. The van der Waals surface area contributed by atoms with Crippen molar-refractivity contribution >= 4 is 34.0 Å². The first-order valence-electron chi connectivity index (χ1n) is 6.29. The van der Waals surface area contributed by atoms with Crippen LogP contribution >= 0.6 is 28.3 Å². The van der Waals surface area contributed by atoms with Gasteiger partial charge in [-0.25, -0.2) is 4.98 Å². The molecular weight excluding hydrogens is 328 g/mol. The van der Waals surface area contributed by atoms with Gasteiger partial charge >= 0.3 is 0 Å². The van der Waals surface area contributed by atoms with Crippen molar-refractivity contribution in [1.82, 2.24) is 19.6 Å². The molecule has 2 aromatic rings. The summed E-state index contributed by atoms with van der Waals surface area (Å²) in [6.07, 6.45) is 4.07. The molecule has 0 aliphatic carbocycles. The van der Waals surface area contributed by atoms with E-state index in [4.69, 9.17) is 0 Å². The van der Waals surface area contributed by atoms with Gasteiger partial charge in [0.05, 0.1) is 11.9 Å². The number of aromatic nitrogens is 2. The van der Waals surface area contributed by atoms with E-state index in [2.05, 4.69) is 48.7 Å². The summed E-state index contributed by atoms with van der Waals surface area (Å²) < 4.78 is 3.25. The summed E-state index contributed by atoms with van der Waals surface area (Å²) in [6, 6.07) is 4.64. The van der Waals surface area contributed by atoms with E-state index in [9.17, 15) is 0 Å². The Labute approximate surface area is 127 Å². The molecule has 0 amide bonds. The maximum atomic E-state index is 4.44. The van der Waals surface area contributed by atoms with E-state index in [1.54, 1.807) is 0 Å². The maximum Gasteiger partial charge on any atom is 0.136 e. The molecule has 1 saturated heterocycles. The second-order valence-corrected chi connectivity index (χ2v) is 5.83. The number of imidazole rings is 1. The van der Waals surface area contributed by atoms with Crippen LogP contribution in [0.4, 0.5) is 0 Å². The van der Waals surface area contributed by atoms with Gasteiger partial charge < -0.3 is 9.72 Å². The molecule has 4 nitrogen and oxygen atoms in total. The lowest BCUT2D eigenvalue weighted by molar-refractivity contribution is 0.197. The Morgan fingerprint density at radius 1 is 1.47 bits per heavy atom. The quantitative estimate of drug-likeness (QED) is 0.906. The lowest BCUT2D eigenvalue weighted by Crippen LogP contribution is -2.48. The minimum atomic E-state index is 0. The first-order valence-corrected chi connectivity index (χ1v) is 7.09. The number of piperazine rings is 1. The van der Waals surface area contributed by atoms with Crippen LogP contribution in [0.2, 0.25) is 0 Å². The third kappa shape index (κ3) is 3.28. The predicted octanol–water partition coefficient (Wildman–Crippen LogP) is 2.31. The molecular formula is C13H18BrClN4. The highest BCUT2D eigenvalue weighted by atomic mass is 79.9. The fraction of sp³-hybridized carbons (Fsp3) is 0.462. The molecule has 104 valence electrons. The van der Waals surface area contributed by atoms with Crippen LogP contribution in [-0.4, -0.2) is 40.0 Å². The predicted molar refractivity (Wildman–Crippen MR) is 82.9 cm³/mol. The Morgan fingerprint density at radius 3 is 3.11 bits per heavy atom. The molecule has 1 N–H and O–H groups in total. The van der Waals surface area contributed by atoms with Crippen molar-refractivity contribution in [2.24, 2.45) is 0 Å². The zero-order valence-electron chi connectivity index (χ0n) is 10.8. The van der Waals surface area contributed by atoms with E-state index in [1.165, 1.54) is 5.69 Å². The summed E-state index contributed by atoms with van der Waals surface area (Å²) in [4.78, 5) is 6.92. The molecule has 3 rings (SSSR count). The Kier molecular flexibility index (Phi) is 4.84. The second kappa shape index (κ2) is 6.22. The molecule has 0 saturated carbocycles. The Bertz CT molecular complexity index is 557. The Hall–Kier alpha value is -0.620. The lowest BCUT2D eigenvalue weighted by Gasteiger charge is -2.31. The number of fused-ring (bicyclic) bond motifs is 1. The Balaban J connectivity index is 0.00000133. The third-order valence-electron chi connectivity index (χ3n) is 3.38. The maximum absolute atomic E-state index is 4.44. The number of hydrogen-bond donors (Lipinski definition) is 1. The fourth-order valence-electron chi connectivity index (χ4n) is 2.51. The molecule has 0 aromatic carbocycles. The second-order valence-electron chi connectivity index (χ2n) is 4.92. The number of nitrogens with zero attached hydrogens (tertiary/aromatic N) is 3. The van der Waals surface area contributed by atoms with Crippen LogP contribution in [0.3, 0.4) is 0 Å². The summed E-state index contributed by atoms with van der Waals surface area (Å²) in [5, 5.41) is 3.47. The number of halogens is 2. The molecule has 3 heterocycles. The number of nitrogens with one attached hydrogen (secondary N) is 1. The van der Waals surface area contributed by atoms with Crippen LogP contribution in [0.5, 0.6) is 0 Å². The molecule has 1 atom stereocenters. The van der Waals surface area contributed by atoms with Crippen LogP contribution in [0.15, 0.2) is 29.0 Å². The van der Waals surface area contributed by atoms with Gasteiger partial charge in [-0.05, 0) is 35.0 Å². The molecule has 1 fully saturated rings. The van der Waals surface area contributed by atoms with Crippen molar-refractivity contribution in [1.29, 1.82) is 0 Å². The van der Waals surface area contributed by atoms with Gasteiger partial charge in [-0.15, -0.1) is 12.4 Å². The van der Waals surface area contributed by atoms with Crippen molar-refractivity contribution in [3.8, 4) is 0 Å². The highest BCUT2D eigenvalue weighted by Crippen LogP contribution is 2.15. The first-order chi connectivity index (χ1) is 8.72. The zero-order chi connectivity index (χ0) is 12.5. The van der Waals surface area contributed by atoms with Crippen LogP contribution in [0.25, 0.3) is 5.65 Å². The van der Waals surface area contributed by atoms with Gasteiger partial charge in [-0.3, -0.25) is 4.90 Å². The van der Waals surface area contributed by atoms with Crippen molar-refractivity contribution in [2.45, 2.75) is 19.5 Å². The van der Waals surface area contributed by atoms with Crippen molar-refractivity contribution < 1.29 is 0 Å². The summed E-state index contributed by atoms with van der Waals surface area (Å²) in [7, 11) is 0. The summed E-state index contributed by atoms with van der Waals surface area (Å²) in [6.45, 7) is 6.47. The molecule has 0 radical (unpaired) electrons. The highest BCUT2D eigenvalue weighted by Gasteiger charge is 2.16. The average Bonchev–Trinajstić information content (AvgIpc) is 2.72. The van der Waals surface area contributed by atoms with Crippen molar-refractivity contribution in [2.75, 3.05) is 19.6 Å². The minimum Gasteiger partial charge on any atom is -0.312 e.